The van der Waals surface area contributed by atoms with Gasteiger partial charge in [-0.2, -0.15) is 0 Å². The van der Waals surface area contributed by atoms with Gasteiger partial charge in [0.05, 0.1) is 19.8 Å². The first-order valence-corrected chi connectivity index (χ1v) is 8.54. The van der Waals surface area contributed by atoms with E-state index in [2.05, 4.69) is 6.92 Å². The molecule has 0 N–H and O–H groups in total. The van der Waals surface area contributed by atoms with Crippen molar-refractivity contribution in [3.05, 3.63) is 47.6 Å². The van der Waals surface area contributed by atoms with Crippen LogP contribution in [-0.2, 0) is 25.6 Å². The van der Waals surface area contributed by atoms with Crippen LogP contribution in [0.1, 0.15) is 52.0 Å². The first-order valence-electron chi connectivity index (χ1n) is 8.54. The van der Waals surface area contributed by atoms with Crippen molar-refractivity contribution in [3.8, 4) is 0 Å². The van der Waals surface area contributed by atoms with Gasteiger partial charge in [-0.25, -0.2) is 0 Å². The predicted molar refractivity (Wildman–Crippen MR) is 91.6 cm³/mol. The molecule has 0 aliphatic rings. The number of rotatable bonds is 13. The number of hydrogen-bond donors (Lipinski definition) is 0. The molecule has 0 atom stereocenters. The van der Waals surface area contributed by atoms with Gasteiger partial charge in [-0.3, -0.25) is 0 Å². The molecular weight excluding hydrogens is 292 g/mol. The van der Waals surface area contributed by atoms with Crippen LogP contribution in [-0.4, -0.2) is 20.0 Å². The van der Waals surface area contributed by atoms with Crippen LogP contribution in [0.3, 0.4) is 0 Å². The summed E-state index contributed by atoms with van der Waals surface area (Å²) >= 11 is 0. The minimum absolute atomic E-state index is 0.147. The first kappa shape index (κ1) is 19.4. The zero-order valence-electron chi connectivity index (χ0n) is 14.7. The van der Waals surface area contributed by atoms with Gasteiger partial charge in [0.1, 0.15) is 0 Å². The van der Waals surface area contributed by atoms with Crippen LogP contribution in [0.2, 0.25) is 0 Å². The van der Waals surface area contributed by atoms with Crippen LogP contribution < -0.4 is 0 Å². The van der Waals surface area contributed by atoms with Gasteiger partial charge in [-0.1, -0.05) is 50.1 Å². The van der Waals surface area contributed by atoms with Gasteiger partial charge in [0.2, 0.25) is 0 Å². The number of benzene rings is 1. The van der Waals surface area contributed by atoms with Crippen molar-refractivity contribution in [1.82, 2.24) is 0 Å². The molecular formula is C19H30O4. The molecule has 4 heteroatoms. The van der Waals surface area contributed by atoms with Crippen molar-refractivity contribution in [1.29, 1.82) is 0 Å². The van der Waals surface area contributed by atoms with Gasteiger partial charge in [0, 0.05) is 6.42 Å². The molecule has 0 unspecified atom stereocenters. The topological polar surface area (TPSA) is 36.9 Å². The van der Waals surface area contributed by atoms with Crippen LogP contribution in [0.5, 0.6) is 0 Å². The fourth-order valence-electron chi connectivity index (χ4n) is 2.11. The van der Waals surface area contributed by atoms with Crippen molar-refractivity contribution >= 4 is 0 Å². The number of ether oxygens (including phenoxy) is 4. The molecule has 0 aromatic heterocycles. The lowest BCUT2D eigenvalue weighted by Crippen LogP contribution is -2.08. The Morgan fingerprint density at radius 3 is 2.26 bits per heavy atom. The summed E-state index contributed by atoms with van der Waals surface area (Å²) in [6.07, 6.45) is 4.23. The van der Waals surface area contributed by atoms with Gasteiger partial charge in [-0.15, -0.1) is 0 Å². The van der Waals surface area contributed by atoms with E-state index in [1.165, 1.54) is 12.8 Å². The van der Waals surface area contributed by atoms with E-state index in [4.69, 9.17) is 18.9 Å². The summed E-state index contributed by atoms with van der Waals surface area (Å²) < 4.78 is 22.5. The largest absolute Gasteiger partial charge is 0.491 e. The standard InChI is InChI=1S/C19H30O4/c1-4-7-9-14-18(21-5-2)19(22-6-3)23-16-20-15-17-12-10-8-11-13-17/h8,10-13H,4-7,9,14-16H2,1-3H3. The molecule has 0 aliphatic carbocycles. The number of allylic oxidation sites excluding steroid dienone is 1. The first-order chi connectivity index (χ1) is 11.3. The normalized spacial score (nSPS) is 11.8. The van der Waals surface area contributed by atoms with Crippen LogP contribution in [0, 0.1) is 0 Å². The van der Waals surface area contributed by atoms with Crippen molar-refractivity contribution in [2.75, 3.05) is 20.0 Å². The highest BCUT2D eigenvalue weighted by Gasteiger charge is 2.11. The van der Waals surface area contributed by atoms with Gasteiger partial charge in [0.25, 0.3) is 0 Å². The Balaban J connectivity index is 2.50. The Bertz CT molecular complexity index is 428. The minimum Gasteiger partial charge on any atom is -0.491 e. The van der Waals surface area contributed by atoms with Gasteiger partial charge >= 0.3 is 5.95 Å². The average molecular weight is 322 g/mol. The molecule has 0 saturated heterocycles. The second-order valence-corrected chi connectivity index (χ2v) is 5.13. The lowest BCUT2D eigenvalue weighted by atomic mass is 10.2. The highest BCUT2D eigenvalue weighted by atomic mass is 16.7. The molecule has 0 aliphatic heterocycles. The van der Waals surface area contributed by atoms with Crippen molar-refractivity contribution in [2.45, 2.75) is 53.1 Å². The highest BCUT2D eigenvalue weighted by Crippen LogP contribution is 2.18. The van der Waals surface area contributed by atoms with Crippen molar-refractivity contribution < 1.29 is 18.9 Å². The summed E-state index contributed by atoms with van der Waals surface area (Å²) in [4.78, 5) is 0. The van der Waals surface area contributed by atoms with Gasteiger partial charge in [-0.05, 0) is 25.8 Å². The van der Waals surface area contributed by atoms with E-state index in [1.54, 1.807) is 0 Å². The lowest BCUT2D eigenvalue weighted by Gasteiger charge is -2.16. The highest BCUT2D eigenvalue weighted by molar-refractivity contribution is 5.13. The number of unbranched alkanes of at least 4 members (excludes halogenated alkanes) is 2. The molecule has 0 saturated carbocycles. The van der Waals surface area contributed by atoms with Crippen LogP contribution in [0.15, 0.2) is 42.0 Å². The molecule has 0 heterocycles. The zero-order chi connectivity index (χ0) is 16.8. The minimum atomic E-state index is 0.147. The molecule has 4 nitrogen and oxygen atoms in total. The lowest BCUT2D eigenvalue weighted by molar-refractivity contribution is -0.0873. The molecule has 0 bridgehead atoms. The fourth-order valence-corrected chi connectivity index (χ4v) is 2.11. The van der Waals surface area contributed by atoms with Crippen LogP contribution >= 0.6 is 0 Å². The summed E-state index contributed by atoms with van der Waals surface area (Å²) in [5, 5.41) is 0. The van der Waals surface area contributed by atoms with E-state index in [-0.39, 0.29) is 6.79 Å². The maximum atomic E-state index is 5.69. The summed E-state index contributed by atoms with van der Waals surface area (Å²) in [7, 11) is 0. The van der Waals surface area contributed by atoms with Gasteiger partial charge in [0.15, 0.2) is 12.6 Å². The smallest absolute Gasteiger partial charge is 0.321 e. The molecule has 23 heavy (non-hydrogen) atoms. The molecule has 0 spiro atoms. The van der Waals surface area contributed by atoms with Crippen LogP contribution in [0.4, 0.5) is 0 Å². The van der Waals surface area contributed by atoms with E-state index in [0.29, 0.717) is 25.8 Å². The second kappa shape index (κ2) is 12.8. The van der Waals surface area contributed by atoms with E-state index >= 15 is 0 Å². The summed E-state index contributed by atoms with van der Waals surface area (Å²) in [5.41, 5.74) is 1.12. The maximum Gasteiger partial charge on any atom is 0.321 e. The number of hydrogen-bond acceptors (Lipinski definition) is 4. The Morgan fingerprint density at radius 1 is 0.870 bits per heavy atom. The quantitative estimate of drug-likeness (QED) is 0.291. The maximum absolute atomic E-state index is 5.69. The average Bonchev–Trinajstić information content (AvgIpc) is 2.58. The van der Waals surface area contributed by atoms with E-state index < -0.39 is 0 Å². The van der Waals surface area contributed by atoms with E-state index in [0.717, 1.165) is 24.2 Å². The third kappa shape index (κ3) is 8.50. The molecule has 0 radical (unpaired) electrons. The third-order valence-electron chi connectivity index (χ3n) is 3.21. The van der Waals surface area contributed by atoms with E-state index in [1.807, 2.05) is 44.2 Å². The Kier molecular flexibility index (Phi) is 10.8. The summed E-state index contributed by atoms with van der Waals surface area (Å²) in [6.45, 7) is 7.89. The third-order valence-corrected chi connectivity index (χ3v) is 3.21. The molecule has 0 fully saturated rings. The fraction of sp³-hybridized carbons (Fsp3) is 0.579. The molecule has 1 aromatic carbocycles. The molecule has 0 amide bonds. The predicted octanol–water partition coefficient (Wildman–Crippen LogP) is 5.00. The van der Waals surface area contributed by atoms with Crippen LogP contribution in [0.25, 0.3) is 0 Å². The Hall–Kier alpha value is -1.68. The second-order valence-electron chi connectivity index (χ2n) is 5.13. The monoisotopic (exact) mass is 322 g/mol. The SMILES string of the molecule is CCCCCC(OCC)=C(OCC)OCOCc1ccccc1. The zero-order valence-corrected chi connectivity index (χ0v) is 14.7. The van der Waals surface area contributed by atoms with E-state index in [9.17, 15) is 0 Å². The van der Waals surface area contributed by atoms with Gasteiger partial charge < -0.3 is 18.9 Å². The summed E-state index contributed by atoms with van der Waals surface area (Å²) in [5.74, 6) is 1.24. The molecule has 130 valence electrons. The van der Waals surface area contributed by atoms with Crippen molar-refractivity contribution in [2.24, 2.45) is 0 Å². The molecule has 1 aromatic rings. The Labute approximate surface area is 140 Å². The molecule has 1 rings (SSSR count). The Morgan fingerprint density at radius 2 is 1.61 bits per heavy atom. The van der Waals surface area contributed by atoms with Crippen molar-refractivity contribution in [3.63, 3.8) is 0 Å². The summed E-state index contributed by atoms with van der Waals surface area (Å²) in [6, 6.07) is 10.0.